The first-order valence-corrected chi connectivity index (χ1v) is 10.4. The second kappa shape index (κ2) is 7.43. The number of nitrogens with one attached hydrogen (secondary N) is 1. The number of piperazine rings is 1. The maximum atomic E-state index is 12.9. The standard InChI is InChI=1S/C18H27N3O3S/c1-14-5-7-17(8-6-14)25(23,24)20-10-3-4-16(13-20)18(22)21-11-9-19-12-15(21)2/h5-8,15-16,19H,3-4,9-13H2,1-2H3. The third-order valence-corrected chi connectivity index (χ3v) is 7.06. The molecule has 2 fully saturated rings. The summed E-state index contributed by atoms with van der Waals surface area (Å²) in [6, 6.07) is 7.07. The molecule has 1 aromatic rings. The van der Waals surface area contributed by atoms with Gasteiger partial charge in [0.2, 0.25) is 15.9 Å². The molecule has 0 bridgehead atoms. The topological polar surface area (TPSA) is 69.7 Å². The molecular formula is C18H27N3O3S. The van der Waals surface area contributed by atoms with Crippen LogP contribution in [0, 0.1) is 12.8 Å². The monoisotopic (exact) mass is 365 g/mol. The molecule has 25 heavy (non-hydrogen) atoms. The molecule has 0 spiro atoms. The van der Waals surface area contributed by atoms with Gasteiger partial charge in [-0.2, -0.15) is 4.31 Å². The fourth-order valence-corrected chi connectivity index (χ4v) is 5.15. The Bertz CT molecular complexity index is 718. The zero-order chi connectivity index (χ0) is 18.0. The van der Waals surface area contributed by atoms with Crippen LogP contribution in [-0.4, -0.2) is 62.3 Å². The first-order chi connectivity index (χ1) is 11.9. The van der Waals surface area contributed by atoms with Crippen LogP contribution in [0.4, 0.5) is 0 Å². The predicted octanol–water partition coefficient (Wildman–Crippen LogP) is 1.22. The minimum absolute atomic E-state index is 0.0952. The molecule has 0 radical (unpaired) electrons. The number of hydrogen-bond donors (Lipinski definition) is 1. The van der Waals surface area contributed by atoms with Gasteiger partial charge in [0.05, 0.1) is 10.8 Å². The molecule has 0 saturated carbocycles. The van der Waals surface area contributed by atoms with E-state index < -0.39 is 10.0 Å². The van der Waals surface area contributed by atoms with Crippen LogP contribution in [0.2, 0.25) is 0 Å². The highest BCUT2D eigenvalue weighted by Gasteiger charge is 2.36. The molecule has 2 unspecified atom stereocenters. The minimum atomic E-state index is -3.54. The lowest BCUT2D eigenvalue weighted by molar-refractivity contribution is -0.139. The van der Waals surface area contributed by atoms with Gasteiger partial charge in [-0.15, -0.1) is 0 Å². The molecule has 7 heteroatoms. The maximum Gasteiger partial charge on any atom is 0.243 e. The number of rotatable bonds is 3. The van der Waals surface area contributed by atoms with Gasteiger partial charge in [0.1, 0.15) is 0 Å². The van der Waals surface area contributed by atoms with Gasteiger partial charge in [-0.1, -0.05) is 17.7 Å². The SMILES string of the molecule is Cc1ccc(S(=O)(=O)N2CCCC(C(=O)N3CCNCC3C)C2)cc1. The summed E-state index contributed by atoms with van der Waals surface area (Å²) in [6.07, 6.45) is 1.48. The first-order valence-electron chi connectivity index (χ1n) is 8.97. The van der Waals surface area contributed by atoms with E-state index in [1.54, 1.807) is 12.1 Å². The van der Waals surface area contributed by atoms with Crippen molar-refractivity contribution in [1.82, 2.24) is 14.5 Å². The normalized spacial score (nSPS) is 25.8. The quantitative estimate of drug-likeness (QED) is 0.874. The Labute approximate surface area is 150 Å². The van der Waals surface area contributed by atoms with Crippen molar-refractivity contribution in [2.75, 3.05) is 32.7 Å². The summed E-state index contributed by atoms with van der Waals surface area (Å²) in [6.45, 7) is 7.02. The number of carbonyl (C=O) groups excluding carboxylic acids is 1. The van der Waals surface area contributed by atoms with Crippen molar-refractivity contribution in [2.45, 2.75) is 37.6 Å². The smallest absolute Gasteiger partial charge is 0.243 e. The van der Waals surface area contributed by atoms with Gasteiger partial charge in [0.25, 0.3) is 0 Å². The molecule has 2 heterocycles. The number of piperidine rings is 1. The van der Waals surface area contributed by atoms with Gasteiger partial charge in [0, 0.05) is 38.8 Å². The van der Waals surface area contributed by atoms with Crippen molar-refractivity contribution >= 4 is 15.9 Å². The van der Waals surface area contributed by atoms with Crippen molar-refractivity contribution in [3.63, 3.8) is 0 Å². The Hall–Kier alpha value is -1.44. The van der Waals surface area contributed by atoms with Crippen molar-refractivity contribution in [2.24, 2.45) is 5.92 Å². The highest BCUT2D eigenvalue weighted by Crippen LogP contribution is 2.26. The fourth-order valence-electron chi connectivity index (χ4n) is 3.62. The lowest BCUT2D eigenvalue weighted by Gasteiger charge is -2.39. The summed E-state index contributed by atoms with van der Waals surface area (Å²) in [7, 11) is -3.54. The number of carbonyl (C=O) groups is 1. The highest BCUT2D eigenvalue weighted by molar-refractivity contribution is 7.89. The van der Waals surface area contributed by atoms with Crippen LogP contribution < -0.4 is 5.32 Å². The Morgan fingerprint density at radius 3 is 2.60 bits per heavy atom. The van der Waals surface area contributed by atoms with Crippen LogP contribution in [0.3, 0.4) is 0 Å². The van der Waals surface area contributed by atoms with Crippen molar-refractivity contribution in [3.05, 3.63) is 29.8 Å². The first kappa shape index (κ1) is 18.4. The minimum Gasteiger partial charge on any atom is -0.337 e. The summed E-state index contributed by atoms with van der Waals surface area (Å²) in [5.74, 6) is -0.146. The Morgan fingerprint density at radius 1 is 1.20 bits per heavy atom. The summed E-state index contributed by atoms with van der Waals surface area (Å²) >= 11 is 0. The van der Waals surface area contributed by atoms with E-state index in [1.165, 1.54) is 4.31 Å². The van der Waals surface area contributed by atoms with E-state index in [-0.39, 0.29) is 24.4 Å². The summed E-state index contributed by atoms with van der Waals surface area (Å²) in [5.41, 5.74) is 1.03. The third-order valence-electron chi connectivity index (χ3n) is 5.18. The second-order valence-electron chi connectivity index (χ2n) is 7.10. The van der Waals surface area contributed by atoms with Crippen molar-refractivity contribution < 1.29 is 13.2 Å². The molecule has 3 rings (SSSR count). The van der Waals surface area contributed by atoms with Gasteiger partial charge < -0.3 is 10.2 Å². The summed E-state index contributed by atoms with van der Waals surface area (Å²) in [4.78, 5) is 15.1. The van der Waals surface area contributed by atoms with Gasteiger partial charge in [0.15, 0.2) is 0 Å². The average molecular weight is 365 g/mol. The zero-order valence-corrected chi connectivity index (χ0v) is 15.8. The molecule has 0 aromatic heterocycles. The van der Waals surface area contributed by atoms with Crippen LogP contribution >= 0.6 is 0 Å². The van der Waals surface area contributed by atoms with E-state index in [0.29, 0.717) is 18.0 Å². The number of aryl methyl sites for hydroxylation is 1. The molecular weight excluding hydrogens is 338 g/mol. The van der Waals surface area contributed by atoms with E-state index in [9.17, 15) is 13.2 Å². The highest BCUT2D eigenvalue weighted by atomic mass is 32.2. The molecule has 0 aliphatic carbocycles. The van der Waals surface area contributed by atoms with Crippen LogP contribution in [0.15, 0.2) is 29.2 Å². The maximum absolute atomic E-state index is 12.9. The van der Waals surface area contributed by atoms with E-state index >= 15 is 0 Å². The fraction of sp³-hybridized carbons (Fsp3) is 0.611. The molecule has 1 amide bonds. The van der Waals surface area contributed by atoms with Gasteiger partial charge in [-0.3, -0.25) is 4.79 Å². The van der Waals surface area contributed by atoms with Crippen LogP contribution in [-0.2, 0) is 14.8 Å². The Morgan fingerprint density at radius 2 is 1.92 bits per heavy atom. The third kappa shape index (κ3) is 3.88. The molecule has 2 aliphatic rings. The van der Waals surface area contributed by atoms with E-state index in [4.69, 9.17) is 0 Å². The number of hydrogen-bond acceptors (Lipinski definition) is 4. The number of amides is 1. The Kier molecular flexibility index (Phi) is 5.46. The van der Waals surface area contributed by atoms with E-state index in [0.717, 1.165) is 31.5 Å². The van der Waals surface area contributed by atoms with Gasteiger partial charge in [-0.25, -0.2) is 8.42 Å². The largest absolute Gasteiger partial charge is 0.337 e. The lowest BCUT2D eigenvalue weighted by Crippen LogP contribution is -2.55. The second-order valence-corrected chi connectivity index (χ2v) is 9.04. The zero-order valence-electron chi connectivity index (χ0n) is 14.9. The molecule has 1 aromatic carbocycles. The lowest BCUT2D eigenvalue weighted by atomic mass is 9.97. The number of sulfonamides is 1. The number of nitrogens with zero attached hydrogens (tertiary/aromatic N) is 2. The molecule has 1 N–H and O–H groups in total. The van der Waals surface area contributed by atoms with Crippen molar-refractivity contribution in [3.8, 4) is 0 Å². The predicted molar refractivity (Wildman–Crippen MR) is 96.7 cm³/mol. The van der Waals surface area contributed by atoms with Crippen LogP contribution in [0.1, 0.15) is 25.3 Å². The molecule has 2 aliphatic heterocycles. The van der Waals surface area contributed by atoms with E-state index in [1.807, 2.05) is 30.9 Å². The number of benzene rings is 1. The Balaban J connectivity index is 1.74. The van der Waals surface area contributed by atoms with Crippen LogP contribution in [0.5, 0.6) is 0 Å². The van der Waals surface area contributed by atoms with Gasteiger partial charge >= 0.3 is 0 Å². The van der Waals surface area contributed by atoms with Crippen LogP contribution in [0.25, 0.3) is 0 Å². The van der Waals surface area contributed by atoms with E-state index in [2.05, 4.69) is 5.32 Å². The molecule has 2 saturated heterocycles. The summed E-state index contributed by atoms with van der Waals surface area (Å²) < 4.78 is 27.3. The molecule has 2 atom stereocenters. The average Bonchev–Trinajstić information content (AvgIpc) is 2.62. The van der Waals surface area contributed by atoms with Crippen molar-refractivity contribution in [1.29, 1.82) is 0 Å². The van der Waals surface area contributed by atoms with Gasteiger partial charge in [-0.05, 0) is 38.8 Å². The molecule has 6 nitrogen and oxygen atoms in total. The summed E-state index contributed by atoms with van der Waals surface area (Å²) in [5, 5.41) is 3.28. The molecule has 138 valence electrons.